The molecule has 2 rings (SSSR count). The van der Waals surface area contributed by atoms with Crippen LogP contribution in [0.4, 0.5) is 4.79 Å². The fourth-order valence-electron chi connectivity index (χ4n) is 4.74. The molecule has 12 heteroatoms. The highest BCUT2D eigenvalue weighted by Crippen LogP contribution is 2.10. The molecular formula is C35H51N7O5. The highest BCUT2D eigenvalue weighted by Gasteiger charge is 2.29. The number of aliphatic imine (C=N–C) groups is 1. The normalized spacial score (nSPS) is 13.0. The Hall–Kier alpha value is -4.87. The summed E-state index contributed by atoms with van der Waals surface area (Å²) >= 11 is 0. The molecule has 0 aromatic heterocycles. The molecule has 0 saturated heterocycles. The summed E-state index contributed by atoms with van der Waals surface area (Å²) in [5.41, 5.74) is 12.5. The summed E-state index contributed by atoms with van der Waals surface area (Å²) < 4.78 is 5.33. The first kappa shape index (κ1) is 38.3. The van der Waals surface area contributed by atoms with Gasteiger partial charge in [0.05, 0.1) is 0 Å². The van der Waals surface area contributed by atoms with Gasteiger partial charge in [-0.05, 0) is 54.7 Å². The zero-order chi connectivity index (χ0) is 34.6. The number of benzene rings is 2. The molecule has 0 bridgehead atoms. The van der Waals surface area contributed by atoms with E-state index >= 15 is 0 Å². The van der Waals surface area contributed by atoms with Crippen LogP contribution in [-0.2, 0) is 25.7 Å². The Morgan fingerprint density at radius 1 is 0.809 bits per heavy atom. The number of alkyl carbamates (subject to hydrolysis) is 1. The minimum Gasteiger partial charge on any atom is -0.445 e. The SMILES string of the molecule is CC(C)C[C@@H](CNC(=O)C=Cc1ccccc1)NC(=O)[C@H](CC(C)C)NC(=O)[C@H](CCCN=C(N)N)NC(=O)OCc1ccccc1. The number of guanidine groups is 1. The maximum Gasteiger partial charge on any atom is 0.408 e. The lowest BCUT2D eigenvalue weighted by molar-refractivity contribution is -0.131. The number of ether oxygens (including phenoxy) is 1. The average molecular weight is 650 g/mol. The van der Waals surface area contributed by atoms with Gasteiger partial charge in [-0.2, -0.15) is 0 Å². The monoisotopic (exact) mass is 649 g/mol. The van der Waals surface area contributed by atoms with Crippen LogP contribution in [0.15, 0.2) is 71.7 Å². The van der Waals surface area contributed by atoms with Crippen molar-refractivity contribution in [1.82, 2.24) is 21.3 Å². The Balaban J connectivity index is 2.09. The lowest BCUT2D eigenvalue weighted by atomic mass is 10.00. The fourth-order valence-corrected chi connectivity index (χ4v) is 4.74. The molecule has 0 spiro atoms. The summed E-state index contributed by atoms with van der Waals surface area (Å²) in [7, 11) is 0. The van der Waals surface area contributed by atoms with Gasteiger partial charge in [0.2, 0.25) is 17.7 Å². The molecule has 0 aliphatic rings. The minimum atomic E-state index is -1.00. The van der Waals surface area contributed by atoms with Gasteiger partial charge in [-0.1, -0.05) is 88.4 Å². The number of nitrogens with two attached hydrogens (primary N) is 2. The number of nitrogens with zero attached hydrogens (tertiary/aromatic N) is 1. The molecule has 0 heterocycles. The van der Waals surface area contributed by atoms with Gasteiger partial charge in [0, 0.05) is 25.2 Å². The van der Waals surface area contributed by atoms with Crippen LogP contribution in [0.2, 0.25) is 0 Å². The Bertz CT molecular complexity index is 1310. The first-order valence-electron chi connectivity index (χ1n) is 16.1. The molecule has 0 radical (unpaired) electrons. The highest BCUT2D eigenvalue weighted by molar-refractivity contribution is 5.92. The highest BCUT2D eigenvalue weighted by atomic mass is 16.5. The molecule has 256 valence electrons. The maximum absolute atomic E-state index is 13.6. The predicted molar refractivity (Wildman–Crippen MR) is 185 cm³/mol. The Kier molecular flexibility index (Phi) is 17.1. The van der Waals surface area contributed by atoms with E-state index < -0.39 is 24.1 Å². The van der Waals surface area contributed by atoms with Crippen LogP contribution in [0.5, 0.6) is 0 Å². The van der Waals surface area contributed by atoms with Crippen LogP contribution in [0.25, 0.3) is 6.08 Å². The molecule has 0 aliphatic carbocycles. The molecule has 2 aromatic carbocycles. The number of carbonyl (C=O) groups is 4. The van der Waals surface area contributed by atoms with E-state index in [4.69, 9.17) is 16.2 Å². The Morgan fingerprint density at radius 2 is 1.43 bits per heavy atom. The predicted octanol–water partition coefficient (Wildman–Crippen LogP) is 3.23. The van der Waals surface area contributed by atoms with Gasteiger partial charge in [0.15, 0.2) is 5.96 Å². The van der Waals surface area contributed by atoms with Gasteiger partial charge in [-0.25, -0.2) is 4.79 Å². The van der Waals surface area contributed by atoms with Crippen molar-refractivity contribution in [2.24, 2.45) is 28.3 Å². The van der Waals surface area contributed by atoms with Gasteiger partial charge in [-0.15, -0.1) is 0 Å². The topological polar surface area (TPSA) is 190 Å². The van der Waals surface area contributed by atoms with Crippen molar-refractivity contribution < 1.29 is 23.9 Å². The molecular weight excluding hydrogens is 598 g/mol. The van der Waals surface area contributed by atoms with E-state index in [2.05, 4.69) is 26.3 Å². The van der Waals surface area contributed by atoms with E-state index in [0.29, 0.717) is 19.3 Å². The number of hydrogen-bond acceptors (Lipinski definition) is 6. The third kappa shape index (κ3) is 16.9. The average Bonchev–Trinajstić information content (AvgIpc) is 3.03. The van der Waals surface area contributed by atoms with Crippen LogP contribution >= 0.6 is 0 Å². The van der Waals surface area contributed by atoms with Crippen LogP contribution in [0.1, 0.15) is 64.5 Å². The summed E-state index contributed by atoms with van der Waals surface area (Å²) in [4.78, 5) is 56.3. The van der Waals surface area contributed by atoms with Crippen molar-refractivity contribution in [2.75, 3.05) is 13.1 Å². The second-order valence-corrected chi connectivity index (χ2v) is 12.2. The van der Waals surface area contributed by atoms with Gasteiger partial charge >= 0.3 is 6.09 Å². The van der Waals surface area contributed by atoms with Crippen LogP contribution in [0.3, 0.4) is 0 Å². The molecule has 3 atom stereocenters. The molecule has 47 heavy (non-hydrogen) atoms. The summed E-state index contributed by atoms with van der Waals surface area (Å²) in [5, 5.41) is 11.3. The Morgan fingerprint density at radius 3 is 2.04 bits per heavy atom. The Labute approximate surface area is 278 Å². The zero-order valence-corrected chi connectivity index (χ0v) is 27.9. The largest absolute Gasteiger partial charge is 0.445 e. The summed E-state index contributed by atoms with van der Waals surface area (Å²) in [6.45, 7) is 8.45. The summed E-state index contributed by atoms with van der Waals surface area (Å²) in [5.74, 6) is -0.964. The van der Waals surface area contributed by atoms with Gasteiger partial charge in [0.1, 0.15) is 18.7 Å². The van der Waals surface area contributed by atoms with E-state index in [1.165, 1.54) is 6.08 Å². The first-order valence-corrected chi connectivity index (χ1v) is 16.1. The third-order valence-corrected chi connectivity index (χ3v) is 6.96. The third-order valence-electron chi connectivity index (χ3n) is 6.96. The van der Waals surface area contributed by atoms with E-state index in [1.54, 1.807) is 6.08 Å². The zero-order valence-electron chi connectivity index (χ0n) is 27.9. The van der Waals surface area contributed by atoms with Crippen molar-refractivity contribution in [3.63, 3.8) is 0 Å². The second-order valence-electron chi connectivity index (χ2n) is 12.2. The minimum absolute atomic E-state index is 0.0310. The summed E-state index contributed by atoms with van der Waals surface area (Å²) in [6, 6.07) is 16.4. The molecule has 12 nitrogen and oxygen atoms in total. The van der Waals surface area contributed by atoms with Crippen molar-refractivity contribution in [3.8, 4) is 0 Å². The first-order chi connectivity index (χ1) is 22.4. The number of carbonyl (C=O) groups excluding carboxylic acids is 4. The molecule has 0 saturated carbocycles. The van der Waals surface area contributed by atoms with Crippen LogP contribution < -0.4 is 32.7 Å². The number of hydrogen-bond donors (Lipinski definition) is 6. The standard InChI is InChI=1S/C35H51N7O5/c1-24(2)20-28(22-39-31(43)18-17-26-12-7-5-8-13-26)40-33(45)30(21-25(3)4)41-32(44)29(16-11-19-38-34(36)37)42-35(46)47-23-27-14-9-6-10-15-27/h5-10,12-15,17-18,24-25,28-30H,11,16,19-23H2,1-4H3,(H,39,43)(H,40,45)(H,41,44)(H,42,46)(H4,36,37,38)/t28-,29-,30-/m0/s1. The number of rotatable bonds is 19. The second kappa shape index (κ2) is 21.0. The van der Waals surface area contributed by atoms with Crippen molar-refractivity contribution >= 4 is 35.9 Å². The van der Waals surface area contributed by atoms with Crippen molar-refractivity contribution in [1.29, 1.82) is 0 Å². The van der Waals surface area contributed by atoms with E-state index in [0.717, 1.165) is 11.1 Å². The van der Waals surface area contributed by atoms with Crippen LogP contribution in [0, 0.1) is 11.8 Å². The summed E-state index contributed by atoms with van der Waals surface area (Å²) in [6.07, 6.45) is 3.98. The fraction of sp³-hybridized carbons (Fsp3) is 0.457. The molecule has 2 aromatic rings. The quantitative estimate of drug-likeness (QED) is 0.0583. The maximum atomic E-state index is 13.6. The van der Waals surface area contributed by atoms with E-state index in [9.17, 15) is 19.2 Å². The molecule has 0 aliphatic heterocycles. The molecule has 0 unspecified atom stereocenters. The smallest absolute Gasteiger partial charge is 0.408 e. The number of amides is 4. The van der Waals surface area contributed by atoms with Crippen molar-refractivity contribution in [3.05, 3.63) is 77.9 Å². The lowest BCUT2D eigenvalue weighted by Crippen LogP contribution is -2.56. The van der Waals surface area contributed by atoms with Crippen molar-refractivity contribution in [2.45, 2.75) is 78.1 Å². The molecule has 8 N–H and O–H groups in total. The number of nitrogens with one attached hydrogen (secondary N) is 4. The van der Waals surface area contributed by atoms with Gasteiger partial charge in [0.25, 0.3) is 0 Å². The van der Waals surface area contributed by atoms with E-state index in [1.807, 2.05) is 88.4 Å². The van der Waals surface area contributed by atoms with E-state index in [-0.39, 0.29) is 61.8 Å². The lowest BCUT2D eigenvalue weighted by Gasteiger charge is -2.27. The molecule has 4 amide bonds. The molecule has 0 fully saturated rings. The van der Waals surface area contributed by atoms with Crippen LogP contribution in [-0.4, -0.2) is 61.0 Å². The van der Waals surface area contributed by atoms with Gasteiger partial charge < -0.3 is 37.5 Å². The van der Waals surface area contributed by atoms with Gasteiger partial charge in [-0.3, -0.25) is 19.4 Å².